The summed E-state index contributed by atoms with van der Waals surface area (Å²) in [6, 6.07) is 6.61. The molecule has 0 spiro atoms. The molecule has 1 saturated heterocycles. The second-order valence-corrected chi connectivity index (χ2v) is 6.32. The summed E-state index contributed by atoms with van der Waals surface area (Å²) in [6.45, 7) is 12.5. The highest BCUT2D eigenvalue weighted by molar-refractivity contribution is 5.90. The topological polar surface area (TPSA) is 35.6 Å². The number of amides is 2. The highest BCUT2D eigenvalue weighted by atomic mass is 16.2. The van der Waals surface area contributed by atoms with E-state index in [0.29, 0.717) is 6.04 Å². The van der Waals surface area contributed by atoms with E-state index in [1.807, 2.05) is 23.1 Å². The molecule has 0 radical (unpaired) electrons. The molecular weight excluding hydrogens is 274 g/mol. The Bertz CT molecular complexity index is 503. The van der Waals surface area contributed by atoms with Crippen LogP contribution >= 0.6 is 0 Å². The number of anilines is 1. The minimum Gasteiger partial charge on any atom is -0.321 e. The monoisotopic (exact) mass is 303 g/mol. The molecule has 0 bridgehead atoms. The van der Waals surface area contributed by atoms with E-state index in [2.05, 4.69) is 37.9 Å². The SMILES string of the molecule is CCCN(CCC)C1CN(C(=O)Nc2ccc(C)c(C)c2)C1. The highest BCUT2D eigenvalue weighted by Crippen LogP contribution is 2.19. The number of likely N-dealkylation sites (tertiary alicyclic amines) is 1. The standard InChI is InChI=1S/C18H29N3O/c1-5-9-20(10-6-2)17-12-21(13-17)18(22)19-16-8-7-14(3)15(4)11-16/h7-8,11,17H,5-6,9-10,12-13H2,1-4H3,(H,19,22). The number of aryl methyl sites for hydroxylation is 2. The van der Waals surface area contributed by atoms with Crippen LogP contribution in [-0.2, 0) is 0 Å². The molecule has 0 unspecified atom stereocenters. The molecule has 1 fully saturated rings. The first kappa shape index (κ1) is 16.8. The van der Waals surface area contributed by atoms with Crippen molar-refractivity contribution >= 4 is 11.7 Å². The van der Waals surface area contributed by atoms with Crippen molar-refractivity contribution in [3.05, 3.63) is 29.3 Å². The van der Waals surface area contributed by atoms with Gasteiger partial charge in [-0.1, -0.05) is 19.9 Å². The number of carbonyl (C=O) groups is 1. The summed E-state index contributed by atoms with van der Waals surface area (Å²) < 4.78 is 0. The van der Waals surface area contributed by atoms with Gasteiger partial charge in [-0.2, -0.15) is 0 Å². The molecule has 0 aliphatic carbocycles. The Morgan fingerprint density at radius 3 is 2.36 bits per heavy atom. The Morgan fingerprint density at radius 2 is 1.82 bits per heavy atom. The number of rotatable bonds is 6. The summed E-state index contributed by atoms with van der Waals surface area (Å²) in [4.78, 5) is 16.7. The van der Waals surface area contributed by atoms with E-state index < -0.39 is 0 Å². The van der Waals surface area contributed by atoms with Crippen molar-refractivity contribution in [3.63, 3.8) is 0 Å². The quantitative estimate of drug-likeness (QED) is 0.871. The maximum atomic E-state index is 12.3. The average molecular weight is 303 g/mol. The fourth-order valence-corrected chi connectivity index (χ4v) is 2.93. The minimum atomic E-state index is 0.0208. The molecule has 2 amide bonds. The Labute approximate surface area is 134 Å². The van der Waals surface area contributed by atoms with Crippen molar-refractivity contribution in [1.82, 2.24) is 9.80 Å². The lowest BCUT2D eigenvalue weighted by Gasteiger charge is -2.45. The number of hydrogen-bond acceptors (Lipinski definition) is 2. The first-order valence-corrected chi connectivity index (χ1v) is 8.42. The summed E-state index contributed by atoms with van der Waals surface area (Å²) in [7, 11) is 0. The van der Waals surface area contributed by atoms with E-state index in [9.17, 15) is 4.79 Å². The van der Waals surface area contributed by atoms with Gasteiger partial charge in [0.2, 0.25) is 0 Å². The zero-order valence-corrected chi connectivity index (χ0v) is 14.4. The van der Waals surface area contributed by atoms with Crippen molar-refractivity contribution < 1.29 is 4.79 Å². The third-order valence-electron chi connectivity index (χ3n) is 4.45. The number of urea groups is 1. The first-order chi connectivity index (χ1) is 10.5. The Morgan fingerprint density at radius 1 is 1.18 bits per heavy atom. The maximum absolute atomic E-state index is 12.3. The predicted molar refractivity (Wildman–Crippen MR) is 92.5 cm³/mol. The van der Waals surface area contributed by atoms with Gasteiger partial charge in [0.05, 0.1) is 0 Å². The lowest BCUT2D eigenvalue weighted by molar-refractivity contribution is 0.0614. The summed E-state index contributed by atoms with van der Waals surface area (Å²) in [5.41, 5.74) is 3.34. The first-order valence-electron chi connectivity index (χ1n) is 8.42. The smallest absolute Gasteiger partial charge is 0.321 e. The molecule has 1 aliphatic rings. The van der Waals surface area contributed by atoms with Crippen LogP contribution in [0.4, 0.5) is 10.5 Å². The van der Waals surface area contributed by atoms with E-state index >= 15 is 0 Å². The molecule has 1 aliphatic heterocycles. The second-order valence-electron chi connectivity index (χ2n) is 6.32. The molecule has 2 rings (SSSR count). The van der Waals surface area contributed by atoms with Crippen LogP contribution in [0, 0.1) is 13.8 Å². The fourth-order valence-electron chi connectivity index (χ4n) is 2.93. The molecule has 0 aromatic heterocycles. The normalized spacial score (nSPS) is 15.0. The number of nitrogens with zero attached hydrogens (tertiary/aromatic N) is 2. The highest BCUT2D eigenvalue weighted by Gasteiger charge is 2.34. The maximum Gasteiger partial charge on any atom is 0.321 e. The van der Waals surface area contributed by atoms with Crippen LogP contribution in [0.15, 0.2) is 18.2 Å². The van der Waals surface area contributed by atoms with E-state index in [1.54, 1.807) is 0 Å². The summed E-state index contributed by atoms with van der Waals surface area (Å²) in [6.07, 6.45) is 2.34. The molecule has 0 saturated carbocycles. The third kappa shape index (κ3) is 4.01. The molecule has 122 valence electrons. The van der Waals surface area contributed by atoms with Gasteiger partial charge in [0.15, 0.2) is 0 Å². The van der Waals surface area contributed by atoms with Crippen LogP contribution in [0.3, 0.4) is 0 Å². The molecule has 1 N–H and O–H groups in total. The van der Waals surface area contributed by atoms with Gasteiger partial charge in [-0.3, -0.25) is 4.90 Å². The molecule has 1 heterocycles. The van der Waals surface area contributed by atoms with Crippen LogP contribution in [-0.4, -0.2) is 48.1 Å². The lowest BCUT2D eigenvalue weighted by Crippen LogP contribution is -2.62. The number of nitrogens with one attached hydrogen (secondary N) is 1. The van der Waals surface area contributed by atoms with Gasteiger partial charge in [-0.15, -0.1) is 0 Å². The number of carbonyl (C=O) groups excluding carboxylic acids is 1. The largest absolute Gasteiger partial charge is 0.321 e. The van der Waals surface area contributed by atoms with Crippen LogP contribution < -0.4 is 5.32 Å². The average Bonchev–Trinajstić information content (AvgIpc) is 2.42. The van der Waals surface area contributed by atoms with Gasteiger partial charge in [0.25, 0.3) is 0 Å². The Balaban J connectivity index is 1.84. The van der Waals surface area contributed by atoms with Crippen molar-refractivity contribution in [2.24, 2.45) is 0 Å². The number of hydrogen-bond donors (Lipinski definition) is 1. The summed E-state index contributed by atoms with van der Waals surface area (Å²) in [5, 5.41) is 3.00. The minimum absolute atomic E-state index is 0.0208. The zero-order valence-electron chi connectivity index (χ0n) is 14.4. The van der Waals surface area contributed by atoms with Crippen LogP contribution in [0.1, 0.15) is 37.8 Å². The lowest BCUT2D eigenvalue weighted by atomic mass is 10.1. The van der Waals surface area contributed by atoms with Gasteiger partial charge in [-0.05, 0) is 63.0 Å². The van der Waals surface area contributed by atoms with Crippen LogP contribution in [0.2, 0.25) is 0 Å². The molecule has 1 aromatic carbocycles. The van der Waals surface area contributed by atoms with Gasteiger partial charge in [-0.25, -0.2) is 4.79 Å². The Kier molecular flexibility index (Phi) is 5.83. The molecule has 22 heavy (non-hydrogen) atoms. The predicted octanol–water partition coefficient (Wildman–Crippen LogP) is 3.64. The van der Waals surface area contributed by atoms with Gasteiger partial charge >= 0.3 is 6.03 Å². The van der Waals surface area contributed by atoms with Crippen LogP contribution in [0.5, 0.6) is 0 Å². The molecule has 1 aromatic rings. The van der Waals surface area contributed by atoms with Gasteiger partial charge in [0.1, 0.15) is 0 Å². The third-order valence-corrected chi connectivity index (χ3v) is 4.45. The van der Waals surface area contributed by atoms with Crippen molar-refractivity contribution in [3.8, 4) is 0 Å². The molecule has 4 nitrogen and oxygen atoms in total. The molecule has 0 atom stereocenters. The van der Waals surface area contributed by atoms with Gasteiger partial charge < -0.3 is 10.2 Å². The second kappa shape index (κ2) is 7.63. The van der Waals surface area contributed by atoms with Crippen molar-refractivity contribution in [2.75, 3.05) is 31.5 Å². The molecular formula is C18H29N3O. The number of benzene rings is 1. The van der Waals surface area contributed by atoms with E-state index in [4.69, 9.17) is 0 Å². The zero-order chi connectivity index (χ0) is 16.1. The van der Waals surface area contributed by atoms with Crippen molar-refractivity contribution in [2.45, 2.75) is 46.6 Å². The summed E-state index contributed by atoms with van der Waals surface area (Å²) >= 11 is 0. The van der Waals surface area contributed by atoms with E-state index in [-0.39, 0.29) is 6.03 Å². The van der Waals surface area contributed by atoms with E-state index in [0.717, 1.165) is 31.9 Å². The van der Waals surface area contributed by atoms with E-state index in [1.165, 1.54) is 24.0 Å². The van der Waals surface area contributed by atoms with Crippen molar-refractivity contribution in [1.29, 1.82) is 0 Å². The van der Waals surface area contributed by atoms with Crippen LogP contribution in [0.25, 0.3) is 0 Å². The summed E-state index contributed by atoms with van der Waals surface area (Å²) in [5.74, 6) is 0. The van der Waals surface area contributed by atoms with Gasteiger partial charge in [0, 0.05) is 24.8 Å². The fraction of sp³-hybridized carbons (Fsp3) is 0.611. The Hall–Kier alpha value is -1.55. The molecule has 4 heteroatoms.